The second-order valence-electron chi connectivity index (χ2n) is 6.64. The van der Waals surface area contributed by atoms with Crippen LogP contribution in [0, 0.1) is 3.57 Å². The number of carbonyl (C=O) groups excluding carboxylic acids is 2. The van der Waals surface area contributed by atoms with E-state index in [-0.39, 0.29) is 18.4 Å². The van der Waals surface area contributed by atoms with E-state index >= 15 is 0 Å². The number of hydrogen-bond donors (Lipinski definition) is 2. The Kier molecular flexibility index (Phi) is 7.24. The van der Waals surface area contributed by atoms with E-state index in [9.17, 15) is 9.59 Å². The van der Waals surface area contributed by atoms with Gasteiger partial charge in [-0.05, 0) is 70.6 Å². The molecule has 0 bridgehead atoms. The van der Waals surface area contributed by atoms with Gasteiger partial charge in [-0.1, -0.05) is 36.4 Å². The van der Waals surface area contributed by atoms with Crippen molar-refractivity contribution in [3.8, 4) is 0 Å². The van der Waals surface area contributed by atoms with Gasteiger partial charge in [-0.3, -0.25) is 9.59 Å². The first-order valence-corrected chi connectivity index (χ1v) is 10.3. The maximum Gasteiger partial charge on any atom is 0.253 e. The first-order chi connectivity index (χ1) is 14.0. The zero-order chi connectivity index (χ0) is 20.6. The van der Waals surface area contributed by atoms with Crippen molar-refractivity contribution in [1.82, 2.24) is 4.90 Å². The summed E-state index contributed by atoms with van der Waals surface area (Å²) in [5.41, 5.74) is 3.08. The van der Waals surface area contributed by atoms with Crippen molar-refractivity contribution < 1.29 is 9.59 Å². The number of halogens is 1. The van der Waals surface area contributed by atoms with Crippen molar-refractivity contribution in [3.63, 3.8) is 0 Å². The highest BCUT2D eigenvalue weighted by atomic mass is 127. The fourth-order valence-corrected chi connectivity index (χ4v) is 3.19. The molecule has 148 valence electrons. The van der Waals surface area contributed by atoms with Crippen LogP contribution >= 0.6 is 22.6 Å². The van der Waals surface area contributed by atoms with Gasteiger partial charge in [-0.25, -0.2) is 0 Å². The first-order valence-electron chi connectivity index (χ1n) is 9.20. The molecule has 0 saturated heterocycles. The van der Waals surface area contributed by atoms with E-state index in [1.807, 2.05) is 54.6 Å². The summed E-state index contributed by atoms with van der Waals surface area (Å²) < 4.78 is 1.14. The molecule has 0 aromatic heterocycles. The fraction of sp³-hybridized carbons (Fsp3) is 0.130. The van der Waals surface area contributed by atoms with Gasteiger partial charge in [0.25, 0.3) is 5.91 Å². The molecule has 0 unspecified atom stereocenters. The van der Waals surface area contributed by atoms with Crippen molar-refractivity contribution in [2.75, 3.05) is 24.2 Å². The minimum absolute atomic E-state index is 0.0954. The zero-order valence-electron chi connectivity index (χ0n) is 16.1. The number of nitrogens with zero attached hydrogens (tertiary/aromatic N) is 1. The van der Waals surface area contributed by atoms with Gasteiger partial charge in [0, 0.05) is 34.1 Å². The topological polar surface area (TPSA) is 61.4 Å². The van der Waals surface area contributed by atoms with E-state index in [2.05, 4.69) is 33.2 Å². The molecule has 0 aliphatic heterocycles. The van der Waals surface area contributed by atoms with E-state index in [1.54, 1.807) is 36.2 Å². The summed E-state index contributed by atoms with van der Waals surface area (Å²) in [6, 6.07) is 24.6. The molecular weight excluding hydrogens is 477 g/mol. The molecule has 0 atom stereocenters. The van der Waals surface area contributed by atoms with Crippen LogP contribution < -0.4 is 10.6 Å². The summed E-state index contributed by atoms with van der Waals surface area (Å²) in [5, 5.41) is 5.92. The van der Waals surface area contributed by atoms with Crippen LogP contribution in [0.25, 0.3) is 0 Å². The summed E-state index contributed by atoms with van der Waals surface area (Å²) in [4.78, 5) is 26.6. The molecule has 2 amide bonds. The van der Waals surface area contributed by atoms with Crippen molar-refractivity contribution in [2.24, 2.45) is 0 Å². The zero-order valence-corrected chi connectivity index (χ0v) is 18.2. The molecule has 29 heavy (non-hydrogen) atoms. The smallest absolute Gasteiger partial charge is 0.253 e. The Morgan fingerprint density at radius 1 is 0.897 bits per heavy atom. The SMILES string of the molecule is CN(Cc1ccccc1)C(=O)c1cccc(NC(=O)CNc2ccc(I)cc2)c1. The molecule has 0 aliphatic rings. The molecule has 6 heteroatoms. The molecule has 0 heterocycles. The Hall–Kier alpha value is -2.87. The predicted octanol–water partition coefficient (Wildman–Crippen LogP) is 4.61. The fourth-order valence-electron chi connectivity index (χ4n) is 2.83. The predicted molar refractivity (Wildman–Crippen MR) is 125 cm³/mol. The molecule has 3 aromatic rings. The minimum Gasteiger partial charge on any atom is -0.376 e. The Morgan fingerprint density at radius 3 is 2.34 bits per heavy atom. The molecule has 2 N–H and O–H groups in total. The Bertz CT molecular complexity index is 975. The molecule has 3 aromatic carbocycles. The van der Waals surface area contributed by atoms with Crippen LogP contribution in [0.1, 0.15) is 15.9 Å². The lowest BCUT2D eigenvalue weighted by Gasteiger charge is -2.18. The third kappa shape index (κ3) is 6.32. The molecule has 0 saturated carbocycles. The van der Waals surface area contributed by atoms with Crippen molar-refractivity contribution in [3.05, 3.63) is 93.6 Å². The Balaban J connectivity index is 1.57. The quantitative estimate of drug-likeness (QED) is 0.467. The van der Waals surface area contributed by atoms with Gasteiger partial charge in [0.05, 0.1) is 6.54 Å². The summed E-state index contributed by atoms with van der Waals surface area (Å²) in [6.07, 6.45) is 0. The van der Waals surface area contributed by atoms with Gasteiger partial charge in [-0.15, -0.1) is 0 Å². The van der Waals surface area contributed by atoms with Crippen LogP contribution in [-0.4, -0.2) is 30.3 Å². The minimum atomic E-state index is -0.175. The standard InChI is InChI=1S/C23H22IN3O2/c1-27(16-17-6-3-2-4-7-17)23(29)18-8-5-9-21(14-18)26-22(28)15-25-20-12-10-19(24)11-13-20/h2-14,25H,15-16H2,1H3,(H,26,28). The van der Waals surface area contributed by atoms with Gasteiger partial charge >= 0.3 is 0 Å². The number of anilines is 2. The average molecular weight is 499 g/mol. The lowest BCUT2D eigenvalue weighted by atomic mass is 10.1. The summed E-state index contributed by atoms with van der Waals surface area (Å²) >= 11 is 2.23. The third-order valence-electron chi connectivity index (χ3n) is 4.30. The van der Waals surface area contributed by atoms with Crippen LogP contribution in [-0.2, 0) is 11.3 Å². The molecule has 0 aliphatic carbocycles. The van der Waals surface area contributed by atoms with Crippen LogP contribution in [0.2, 0.25) is 0 Å². The summed E-state index contributed by atoms with van der Waals surface area (Å²) in [6.45, 7) is 0.670. The third-order valence-corrected chi connectivity index (χ3v) is 5.02. The van der Waals surface area contributed by atoms with Gasteiger partial charge in [0.2, 0.25) is 5.91 Å². The molecule has 3 rings (SSSR count). The first kappa shape index (κ1) is 20.9. The largest absolute Gasteiger partial charge is 0.376 e. The van der Waals surface area contributed by atoms with Gasteiger partial charge in [-0.2, -0.15) is 0 Å². The van der Waals surface area contributed by atoms with E-state index in [1.165, 1.54) is 0 Å². The highest BCUT2D eigenvalue weighted by Crippen LogP contribution is 2.15. The van der Waals surface area contributed by atoms with Crippen LogP contribution in [0.4, 0.5) is 11.4 Å². The highest BCUT2D eigenvalue weighted by molar-refractivity contribution is 14.1. The number of amides is 2. The number of carbonyl (C=O) groups is 2. The second-order valence-corrected chi connectivity index (χ2v) is 7.88. The summed E-state index contributed by atoms with van der Waals surface area (Å²) in [7, 11) is 1.77. The van der Waals surface area contributed by atoms with E-state index in [0.717, 1.165) is 14.8 Å². The molecule has 0 radical (unpaired) electrons. The Labute approximate surface area is 184 Å². The van der Waals surface area contributed by atoms with Crippen molar-refractivity contribution in [2.45, 2.75) is 6.54 Å². The van der Waals surface area contributed by atoms with Gasteiger partial charge in [0.15, 0.2) is 0 Å². The van der Waals surface area contributed by atoms with Crippen LogP contribution in [0.3, 0.4) is 0 Å². The van der Waals surface area contributed by atoms with Crippen LogP contribution in [0.5, 0.6) is 0 Å². The van der Waals surface area contributed by atoms with E-state index < -0.39 is 0 Å². The number of nitrogens with one attached hydrogen (secondary N) is 2. The second kappa shape index (κ2) is 10.1. The van der Waals surface area contributed by atoms with Gasteiger partial charge in [0.1, 0.15) is 0 Å². The summed E-state index contributed by atoms with van der Waals surface area (Å²) in [5.74, 6) is -0.271. The molecule has 5 nitrogen and oxygen atoms in total. The lowest BCUT2D eigenvalue weighted by molar-refractivity contribution is -0.114. The molecule has 0 fully saturated rings. The van der Waals surface area contributed by atoms with E-state index in [0.29, 0.717) is 17.8 Å². The van der Waals surface area contributed by atoms with Crippen LogP contribution in [0.15, 0.2) is 78.9 Å². The Morgan fingerprint density at radius 2 is 1.62 bits per heavy atom. The van der Waals surface area contributed by atoms with E-state index in [4.69, 9.17) is 0 Å². The average Bonchev–Trinajstić information content (AvgIpc) is 2.73. The highest BCUT2D eigenvalue weighted by Gasteiger charge is 2.13. The van der Waals surface area contributed by atoms with Crippen molar-refractivity contribution in [1.29, 1.82) is 0 Å². The van der Waals surface area contributed by atoms with Crippen molar-refractivity contribution >= 4 is 45.8 Å². The normalized spacial score (nSPS) is 10.3. The number of benzene rings is 3. The molecular formula is C23H22IN3O2. The maximum atomic E-state index is 12.7. The number of rotatable bonds is 7. The lowest BCUT2D eigenvalue weighted by Crippen LogP contribution is -2.26. The monoisotopic (exact) mass is 499 g/mol. The number of hydrogen-bond acceptors (Lipinski definition) is 3. The maximum absolute atomic E-state index is 12.7. The molecule has 0 spiro atoms. The van der Waals surface area contributed by atoms with Gasteiger partial charge < -0.3 is 15.5 Å².